The Labute approximate surface area is 242 Å². The molecular formula is C34H41NO4S. The summed E-state index contributed by atoms with van der Waals surface area (Å²) in [4.78, 5) is 54.4. The van der Waals surface area contributed by atoms with Crippen LogP contribution in [0.1, 0.15) is 110 Å². The molecule has 0 aromatic heterocycles. The van der Waals surface area contributed by atoms with Gasteiger partial charge in [-0.3, -0.25) is 24.1 Å². The molecule has 0 bridgehead atoms. The molecule has 0 radical (unpaired) electrons. The van der Waals surface area contributed by atoms with Gasteiger partial charge in [0, 0.05) is 29.2 Å². The third kappa shape index (κ3) is 6.76. The molecule has 4 atom stereocenters. The number of ketones is 1. The van der Waals surface area contributed by atoms with Crippen molar-refractivity contribution in [3.63, 3.8) is 0 Å². The largest absolute Gasteiger partial charge is 0.294 e. The fourth-order valence-electron chi connectivity index (χ4n) is 6.85. The molecule has 2 aromatic rings. The van der Waals surface area contributed by atoms with Crippen LogP contribution >= 0.6 is 11.8 Å². The second-order valence-electron chi connectivity index (χ2n) is 11.8. The number of carbonyl (C=O) groups is 4. The first kappa shape index (κ1) is 28.8. The molecule has 212 valence electrons. The zero-order valence-electron chi connectivity index (χ0n) is 23.4. The van der Waals surface area contributed by atoms with Gasteiger partial charge in [-0.05, 0) is 37.2 Å². The van der Waals surface area contributed by atoms with E-state index in [4.69, 9.17) is 0 Å². The molecule has 0 spiro atoms. The molecule has 2 amide bonds. The van der Waals surface area contributed by atoms with Crippen LogP contribution < -0.4 is 0 Å². The van der Waals surface area contributed by atoms with E-state index in [1.54, 1.807) is 4.90 Å². The van der Waals surface area contributed by atoms with Gasteiger partial charge in [0.2, 0.25) is 16.9 Å². The second-order valence-corrected chi connectivity index (χ2v) is 12.8. The predicted octanol–water partition coefficient (Wildman–Crippen LogP) is 7.63. The van der Waals surface area contributed by atoms with Crippen LogP contribution in [0.5, 0.6) is 0 Å². The Morgan fingerprint density at radius 1 is 0.725 bits per heavy atom. The highest BCUT2D eigenvalue weighted by atomic mass is 32.2. The van der Waals surface area contributed by atoms with Gasteiger partial charge in [-0.1, -0.05) is 118 Å². The summed E-state index contributed by atoms with van der Waals surface area (Å²) in [6.07, 6.45) is 12.6. The number of carbonyl (C=O) groups excluding carboxylic acids is 4. The molecule has 40 heavy (non-hydrogen) atoms. The Balaban J connectivity index is 1.22. The lowest BCUT2D eigenvalue weighted by molar-refractivity contribution is -0.171. The molecule has 1 saturated heterocycles. The van der Waals surface area contributed by atoms with E-state index >= 15 is 0 Å². The summed E-state index contributed by atoms with van der Waals surface area (Å²) in [5, 5.41) is 0.0344. The van der Waals surface area contributed by atoms with Gasteiger partial charge in [0.05, 0.1) is 12.0 Å². The Kier molecular flexibility index (Phi) is 9.90. The summed E-state index contributed by atoms with van der Waals surface area (Å²) in [5.74, 6) is 0.371. The number of likely N-dealkylation sites (tertiary alicyclic amines) is 1. The number of nitrogens with zero attached hydrogens (tertiary/aromatic N) is 1. The maximum Gasteiger partial charge on any atom is 0.234 e. The first-order valence-electron chi connectivity index (χ1n) is 15.2. The van der Waals surface area contributed by atoms with Crippen molar-refractivity contribution < 1.29 is 19.2 Å². The maximum atomic E-state index is 13.9. The minimum absolute atomic E-state index is 0.0121. The van der Waals surface area contributed by atoms with E-state index in [-0.39, 0.29) is 46.5 Å². The number of hydrogen-bond donors (Lipinski definition) is 0. The fourth-order valence-corrected chi connectivity index (χ4v) is 7.65. The van der Waals surface area contributed by atoms with Gasteiger partial charge in [0.15, 0.2) is 5.78 Å². The van der Waals surface area contributed by atoms with Gasteiger partial charge in [-0.2, -0.15) is 0 Å². The van der Waals surface area contributed by atoms with E-state index < -0.39 is 0 Å². The zero-order valence-corrected chi connectivity index (χ0v) is 24.2. The highest BCUT2D eigenvalue weighted by Crippen LogP contribution is 2.41. The normalized spacial score (nSPS) is 25.4. The van der Waals surface area contributed by atoms with Crippen molar-refractivity contribution in [1.82, 2.24) is 4.90 Å². The van der Waals surface area contributed by atoms with E-state index in [0.717, 1.165) is 69.8 Å². The van der Waals surface area contributed by atoms with Crippen LogP contribution in [0.15, 0.2) is 54.6 Å². The number of Topliss-reactive ketones (excluding diaryl/α,β-unsaturated/α-hetero) is 1. The molecule has 1 heterocycles. The second kappa shape index (κ2) is 13.8. The van der Waals surface area contributed by atoms with E-state index in [2.05, 4.69) is 0 Å². The fraction of sp³-hybridized carbons (Fsp3) is 0.529. The average molecular weight is 560 g/mol. The van der Waals surface area contributed by atoms with Crippen LogP contribution in [0.2, 0.25) is 0 Å². The first-order chi connectivity index (χ1) is 19.5. The minimum atomic E-state index is -0.251. The molecule has 3 fully saturated rings. The summed E-state index contributed by atoms with van der Waals surface area (Å²) < 4.78 is 0. The monoisotopic (exact) mass is 559 g/mol. The molecule has 0 N–H and O–H groups in total. The van der Waals surface area contributed by atoms with Gasteiger partial charge in [-0.25, -0.2) is 0 Å². The number of benzene rings is 2. The number of β-lactam (4-membered cyclic amide) rings is 1. The lowest BCUT2D eigenvalue weighted by Gasteiger charge is -2.49. The van der Waals surface area contributed by atoms with E-state index in [0.29, 0.717) is 23.3 Å². The highest BCUT2D eigenvalue weighted by Gasteiger charge is 2.51. The maximum absolute atomic E-state index is 13.9. The number of hydrogen-bond acceptors (Lipinski definition) is 5. The molecule has 1 aliphatic heterocycles. The molecule has 0 unspecified atom stereocenters. The van der Waals surface area contributed by atoms with Gasteiger partial charge < -0.3 is 0 Å². The lowest BCUT2D eigenvalue weighted by atomic mass is 9.74. The number of rotatable bonds is 7. The molecule has 6 heteroatoms. The summed E-state index contributed by atoms with van der Waals surface area (Å²) in [6, 6.07) is 16.9. The van der Waals surface area contributed by atoms with Crippen molar-refractivity contribution in [2.24, 2.45) is 17.8 Å². The topological polar surface area (TPSA) is 71.5 Å². The summed E-state index contributed by atoms with van der Waals surface area (Å²) in [6.45, 7) is 0. The van der Waals surface area contributed by atoms with Crippen molar-refractivity contribution in [3.8, 4) is 0 Å². The summed E-state index contributed by atoms with van der Waals surface area (Å²) >= 11 is 1.26. The SMILES string of the molecule is O=C(C[C@H]1CCCCCC[C@H]1C(=O)N1C(=O)[C@@H]2CCCCCC[C@@H]21)c1ccc(CSC(=O)c2ccccc2)cc1. The molecule has 2 saturated carbocycles. The Morgan fingerprint density at radius 3 is 2.10 bits per heavy atom. The van der Waals surface area contributed by atoms with Crippen molar-refractivity contribution in [1.29, 1.82) is 0 Å². The van der Waals surface area contributed by atoms with Gasteiger partial charge in [0.25, 0.3) is 0 Å². The van der Waals surface area contributed by atoms with Crippen molar-refractivity contribution in [2.75, 3.05) is 0 Å². The number of amides is 2. The quantitative estimate of drug-likeness (QED) is 0.198. The number of thioether (sulfide) groups is 1. The van der Waals surface area contributed by atoms with Gasteiger partial charge in [0.1, 0.15) is 0 Å². The van der Waals surface area contributed by atoms with E-state index in [1.807, 2.05) is 54.6 Å². The van der Waals surface area contributed by atoms with Crippen molar-refractivity contribution in [3.05, 3.63) is 71.3 Å². The number of imide groups is 1. The molecule has 5 rings (SSSR count). The minimum Gasteiger partial charge on any atom is -0.294 e. The van der Waals surface area contributed by atoms with Crippen LogP contribution in [0, 0.1) is 17.8 Å². The van der Waals surface area contributed by atoms with Crippen LogP contribution in [0.25, 0.3) is 0 Å². The van der Waals surface area contributed by atoms with Gasteiger partial charge in [-0.15, -0.1) is 0 Å². The number of fused-ring (bicyclic) bond motifs is 1. The van der Waals surface area contributed by atoms with E-state index in [1.165, 1.54) is 24.6 Å². The molecule has 2 aliphatic carbocycles. The van der Waals surface area contributed by atoms with Crippen LogP contribution in [0.4, 0.5) is 0 Å². The third-order valence-electron chi connectivity index (χ3n) is 9.18. The molecule has 2 aromatic carbocycles. The molecule has 3 aliphatic rings. The third-order valence-corrected chi connectivity index (χ3v) is 10.2. The average Bonchev–Trinajstić information content (AvgIpc) is 2.95. The van der Waals surface area contributed by atoms with Crippen molar-refractivity contribution in [2.45, 2.75) is 95.3 Å². The van der Waals surface area contributed by atoms with Crippen molar-refractivity contribution >= 4 is 34.5 Å². The summed E-state index contributed by atoms with van der Waals surface area (Å²) in [5.41, 5.74) is 2.33. The molecular weight excluding hydrogens is 518 g/mol. The van der Waals surface area contributed by atoms with Crippen LogP contribution in [-0.2, 0) is 15.3 Å². The molecule has 5 nitrogen and oxygen atoms in total. The van der Waals surface area contributed by atoms with Crippen LogP contribution in [0.3, 0.4) is 0 Å². The Morgan fingerprint density at radius 2 is 1.38 bits per heavy atom. The standard InChI is InChI=1S/C34H41NO4S/c36-31(25-20-18-24(19-21-25)23-40-34(39)26-12-7-5-8-13-26)22-27-14-6-1-2-9-15-28(27)32(37)35-30-17-11-4-3-10-16-29(30)33(35)38/h5,7-8,12-13,18-21,27-30H,1-4,6,9-11,14-17,22-23H2/t27-,28-,29-,30+/m1/s1. The van der Waals surface area contributed by atoms with Crippen LogP contribution in [-0.4, -0.2) is 33.7 Å². The summed E-state index contributed by atoms with van der Waals surface area (Å²) in [7, 11) is 0. The smallest absolute Gasteiger partial charge is 0.234 e. The Bertz CT molecular complexity index is 1190. The first-order valence-corrected chi connectivity index (χ1v) is 16.2. The predicted molar refractivity (Wildman–Crippen MR) is 159 cm³/mol. The highest BCUT2D eigenvalue weighted by molar-refractivity contribution is 8.13. The Hall–Kier alpha value is -2.73. The van der Waals surface area contributed by atoms with Gasteiger partial charge >= 0.3 is 0 Å². The van der Waals surface area contributed by atoms with E-state index in [9.17, 15) is 19.2 Å². The lowest BCUT2D eigenvalue weighted by Crippen LogP contribution is -2.64. The zero-order chi connectivity index (χ0) is 27.9.